The monoisotopic (exact) mass is 339 g/mol. The minimum Gasteiger partial charge on any atom is -0.493 e. The molecule has 0 saturated heterocycles. The van der Waals surface area contributed by atoms with Gasteiger partial charge in [-0.1, -0.05) is 36.4 Å². The molecule has 1 atom stereocenters. The van der Waals surface area contributed by atoms with Crippen molar-refractivity contribution in [3.05, 3.63) is 65.7 Å². The molecule has 0 unspecified atom stereocenters. The van der Waals surface area contributed by atoms with E-state index in [9.17, 15) is 4.79 Å². The van der Waals surface area contributed by atoms with E-state index >= 15 is 0 Å². The number of hydrogen-bond donors (Lipinski definition) is 1. The topological polar surface area (TPSA) is 47.6 Å². The number of ether oxygens (including phenoxy) is 2. The Labute approximate surface area is 149 Å². The normalized spacial score (nSPS) is 12.0. The summed E-state index contributed by atoms with van der Waals surface area (Å²) in [6, 6.07) is 15.9. The van der Waals surface area contributed by atoms with Gasteiger partial charge in [-0.25, -0.2) is 0 Å². The van der Waals surface area contributed by atoms with Gasteiger partial charge in [0, 0.05) is 12.1 Å². The molecule has 4 nitrogen and oxygen atoms in total. The molecule has 1 N–H and O–H groups in total. The number of hydrogen-bond acceptors (Lipinski definition) is 3. The van der Waals surface area contributed by atoms with Crippen molar-refractivity contribution in [3.63, 3.8) is 0 Å². The Morgan fingerprint density at radius 3 is 2.48 bits per heavy atom. The van der Waals surface area contributed by atoms with Gasteiger partial charge in [-0.15, -0.1) is 0 Å². The molecule has 2 aromatic rings. The van der Waals surface area contributed by atoms with Gasteiger partial charge in [0.1, 0.15) is 0 Å². The van der Waals surface area contributed by atoms with Crippen molar-refractivity contribution in [1.29, 1.82) is 0 Å². The van der Waals surface area contributed by atoms with Gasteiger partial charge in [-0.2, -0.15) is 0 Å². The number of carbonyl (C=O) groups is 1. The van der Waals surface area contributed by atoms with Crippen molar-refractivity contribution < 1.29 is 14.3 Å². The number of rotatable bonds is 8. The first-order chi connectivity index (χ1) is 12.1. The van der Waals surface area contributed by atoms with E-state index in [1.54, 1.807) is 26.4 Å². The van der Waals surface area contributed by atoms with E-state index in [0.29, 0.717) is 11.5 Å². The summed E-state index contributed by atoms with van der Waals surface area (Å²) in [5, 5.41) is 2.99. The molecule has 2 aromatic carbocycles. The molecular formula is C21H25NO3. The van der Waals surface area contributed by atoms with E-state index in [4.69, 9.17) is 9.47 Å². The Balaban J connectivity index is 1.85. The summed E-state index contributed by atoms with van der Waals surface area (Å²) in [6.07, 6.45) is 5.16. The zero-order valence-electron chi connectivity index (χ0n) is 15.0. The molecule has 0 aliphatic rings. The van der Waals surface area contributed by atoms with Crippen LogP contribution < -0.4 is 14.8 Å². The average molecular weight is 339 g/mol. The minimum absolute atomic E-state index is 0.102. The molecule has 0 saturated carbocycles. The van der Waals surface area contributed by atoms with Crippen molar-refractivity contribution in [1.82, 2.24) is 5.32 Å². The average Bonchev–Trinajstić information content (AvgIpc) is 2.65. The van der Waals surface area contributed by atoms with E-state index in [-0.39, 0.29) is 11.9 Å². The first-order valence-electron chi connectivity index (χ1n) is 8.37. The molecule has 132 valence electrons. The molecule has 0 aromatic heterocycles. The van der Waals surface area contributed by atoms with Gasteiger partial charge in [0.05, 0.1) is 14.2 Å². The number of benzene rings is 2. The van der Waals surface area contributed by atoms with Crippen molar-refractivity contribution in [2.75, 3.05) is 14.2 Å². The molecule has 0 aliphatic carbocycles. The second kappa shape index (κ2) is 9.52. The Hall–Kier alpha value is -2.75. The first-order valence-corrected chi connectivity index (χ1v) is 8.37. The molecular weight excluding hydrogens is 314 g/mol. The van der Waals surface area contributed by atoms with Crippen molar-refractivity contribution in [2.24, 2.45) is 0 Å². The molecule has 0 aliphatic heterocycles. The van der Waals surface area contributed by atoms with Crippen LogP contribution >= 0.6 is 0 Å². The zero-order chi connectivity index (χ0) is 18.1. The number of carbonyl (C=O) groups excluding carboxylic acids is 1. The highest BCUT2D eigenvalue weighted by Gasteiger charge is 2.06. The fourth-order valence-corrected chi connectivity index (χ4v) is 2.52. The summed E-state index contributed by atoms with van der Waals surface area (Å²) in [5.41, 5.74) is 2.16. The predicted octanol–water partition coefficient (Wildman–Crippen LogP) is 3.85. The fourth-order valence-electron chi connectivity index (χ4n) is 2.52. The Kier molecular flexibility index (Phi) is 7.08. The molecule has 0 fully saturated rings. The van der Waals surface area contributed by atoms with Crippen LogP contribution in [0.15, 0.2) is 54.6 Å². The molecule has 2 rings (SSSR count). The van der Waals surface area contributed by atoms with E-state index < -0.39 is 0 Å². The molecule has 0 spiro atoms. The highest BCUT2D eigenvalue weighted by molar-refractivity contribution is 5.92. The number of nitrogens with one attached hydrogen (secondary N) is 1. The third kappa shape index (κ3) is 5.99. The largest absolute Gasteiger partial charge is 0.493 e. The Morgan fingerprint density at radius 2 is 1.80 bits per heavy atom. The lowest BCUT2D eigenvalue weighted by atomic mass is 10.1. The molecule has 0 bridgehead atoms. The summed E-state index contributed by atoms with van der Waals surface area (Å²) in [5.74, 6) is 1.20. The van der Waals surface area contributed by atoms with Crippen LogP contribution in [-0.4, -0.2) is 26.2 Å². The standard InChI is InChI=1S/C21H25NO3/c1-16(9-10-17-7-5-4-6-8-17)22-21(23)14-12-18-11-13-19(24-2)20(15-18)25-3/h4-8,11-16H,9-10H2,1-3H3,(H,22,23)/b14-12-/t16-/m0/s1. The number of methoxy groups -OCH3 is 2. The summed E-state index contributed by atoms with van der Waals surface area (Å²) in [6.45, 7) is 2.02. The maximum atomic E-state index is 12.1. The van der Waals surface area contributed by atoms with Crippen LogP contribution in [0.2, 0.25) is 0 Å². The van der Waals surface area contributed by atoms with Gasteiger partial charge in [0.25, 0.3) is 0 Å². The van der Waals surface area contributed by atoms with E-state index in [1.165, 1.54) is 5.56 Å². The fraction of sp³-hybridized carbons (Fsp3) is 0.286. The third-order valence-electron chi connectivity index (χ3n) is 3.93. The quantitative estimate of drug-likeness (QED) is 0.743. The van der Waals surface area contributed by atoms with Crippen LogP contribution in [0, 0.1) is 0 Å². The Bertz CT molecular complexity index is 710. The van der Waals surface area contributed by atoms with Crippen molar-refractivity contribution in [2.45, 2.75) is 25.8 Å². The summed E-state index contributed by atoms with van der Waals surface area (Å²) in [7, 11) is 3.18. The molecule has 4 heteroatoms. The van der Waals surface area contributed by atoms with Crippen LogP contribution in [-0.2, 0) is 11.2 Å². The van der Waals surface area contributed by atoms with Crippen LogP contribution in [0.3, 0.4) is 0 Å². The lowest BCUT2D eigenvalue weighted by Crippen LogP contribution is -2.31. The highest BCUT2D eigenvalue weighted by Crippen LogP contribution is 2.27. The lowest BCUT2D eigenvalue weighted by Gasteiger charge is -2.12. The maximum Gasteiger partial charge on any atom is 0.244 e. The lowest BCUT2D eigenvalue weighted by molar-refractivity contribution is -0.117. The van der Waals surface area contributed by atoms with Gasteiger partial charge in [-0.3, -0.25) is 4.79 Å². The van der Waals surface area contributed by atoms with Crippen LogP contribution in [0.5, 0.6) is 11.5 Å². The predicted molar refractivity (Wildman–Crippen MR) is 101 cm³/mol. The summed E-state index contributed by atoms with van der Waals surface area (Å²) in [4.78, 5) is 12.1. The number of amides is 1. The van der Waals surface area contributed by atoms with Crippen LogP contribution in [0.1, 0.15) is 24.5 Å². The summed E-state index contributed by atoms with van der Waals surface area (Å²) >= 11 is 0. The van der Waals surface area contributed by atoms with E-state index in [1.807, 2.05) is 43.3 Å². The molecule has 25 heavy (non-hydrogen) atoms. The third-order valence-corrected chi connectivity index (χ3v) is 3.93. The zero-order valence-corrected chi connectivity index (χ0v) is 15.0. The SMILES string of the molecule is COc1ccc(/C=C\C(=O)N[C@@H](C)CCc2ccccc2)cc1OC. The van der Waals surface area contributed by atoms with Gasteiger partial charge >= 0.3 is 0 Å². The van der Waals surface area contributed by atoms with E-state index in [2.05, 4.69) is 17.4 Å². The maximum absolute atomic E-state index is 12.1. The van der Waals surface area contributed by atoms with Crippen LogP contribution in [0.25, 0.3) is 6.08 Å². The van der Waals surface area contributed by atoms with Crippen LogP contribution in [0.4, 0.5) is 0 Å². The smallest absolute Gasteiger partial charge is 0.244 e. The second-order valence-electron chi connectivity index (χ2n) is 5.88. The van der Waals surface area contributed by atoms with Gasteiger partial charge in [-0.05, 0) is 49.1 Å². The van der Waals surface area contributed by atoms with Crippen molar-refractivity contribution in [3.8, 4) is 11.5 Å². The van der Waals surface area contributed by atoms with Crippen molar-refractivity contribution >= 4 is 12.0 Å². The Morgan fingerprint density at radius 1 is 1.08 bits per heavy atom. The van der Waals surface area contributed by atoms with Gasteiger partial charge in [0.15, 0.2) is 11.5 Å². The van der Waals surface area contributed by atoms with E-state index in [0.717, 1.165) is 18.4 Å². The molecule has 1 amide bonds. The minimum atomic E-state index is -0.102. The number of aryl methyl sites for hydroxylation is 1. The van der Waals surface area contributed by atoms with Gasteiger partial charge < -0.3 is 14.8 Å². The highest BCUT2D eigenvalue weighted by atomic mass is 16.5. The molecule has 0 radical (unpaired) electrons. The first kappa shape index (κ1) is 18.6. The summed E-state index contributed by atoms with van der Waals surface area (Å²) < 4.78 is 10.5. The van der Waals surface area contributed by atoms with Gasteiger partial charge in [0.2, 0.25) is 5.91 Å². The molecule has 0 heterocycles. The second-order valence-corrected chi connectivity index (χ2v) is 5.88.